The van der Waals surface area contributed by atoms with E-state index >= 15 is 0 Å². The van der Waals surface area contributed by atoms with Gasteiger partial charge in [0.15, 0.2) is 6.29 Å². The molecule has 32 heavy (non-hydrogen) atoms. The van der Waals surface area contributed by atoms with Crippen LogP contribution in [-0.4, -0.2) is 17.3 Å². The van der Waals surface area contributed by atoms with E-state index in [1.165, 1.54) is 0 Å². The SMILES string of the molecule is Cc1cc(NC(=O)c2ccccc2)c(Cl)cc1N.Nc1c(O)c(C=O)cc2ccccc12. The molecule has 4 aromatic carbocycles. The zero-order valence-corrected chi connectivity index (χ0v) is 18.1. The summed E-state index contributed by atoms with van der Waals surface area (Å²) in [7, 11) is 0. The molecular weight excluding hydrogens is 426 g/mol. The first-order valence-electron chi connectivity index (χ1n) is 9.69. The summed E-state index contributed by atoms with van der Waals surface area (Å²) in [6.07, 6.45) is 0.595. The minimum absolute atomic E-state index is 0.140. The van der Waals surface area contributed by atoms with Crippen molar-refractivity contribution in [2.75, 3.05) is 16.8 Å². The average molecular weight is 448 g/mol. The standard InChI is InChI=1S/C14H13ClN2O.C11H9NO2/c1-9-7-13(11(15)8-12(9)16)17-14(18)10-5-3-2-4-6-10;12-10-9-4-2-1-3-7(9)5-8(6-13)11(10)14/h2-8H,16H2,1H3,(H,17,18);1-6,14H,12H2. The fourth-order valence-electron chi connectivity index (χ4n) is 3.05. The van der Waals surface area contributed by atoms with Gasteiger partial charge in [-0.3, -0.25) is 9.59 Å². The van der Waals surface area contributed by atoms with Crippen LogP contribution in [0.5, 0.6) is 5.75 Å². The van der Waals surface area contributed by atoms with Gasteiger partial charge in [0, 0.05) is 16.6 Å². The lowest BCUT2D eigenvalue weighted by atomic mass is 10.0. The van der Waals surface area contributed by atoms with Crippen molar-refractivity contribution in [2.45, 2.75) is 6.92 Å². The number of anilines is 3. The van der Waals surface area contributed by atoms with Crippen molar-refractivity contribution in [3.8, 4) is 5.75 Å². The van der Waals surface area contributed by atoms with Crippen LogP contribution < -0.4 is 16.8 Å². The fraction of sp³-hybridized carbons (Fsp3) is 0.0400. The normalized spacial score (nSPS) is 10.2. The Morgan fingerprint density at radius 2 is 1.66 bits per heavy atom. The molecule has 0 radical (unpaired) electrons. The summed E-state index contributed by atoms with van der Waals surface area (Å²) in [5, 5.41) is 14.4. The van der Waals surface area contributed by atoms with Crippen LogP contribution in [0.4, 0.5) is 17.1 Å². The number of hydrogen-bond acceptors (Lipinski definition) is 5. The van der Waals surface area contributed by atoms with Gasteiger partial charge in [-0.05, 0) is 48.2 Å². The van der Waals surface area contributed by atoms with Crippen molar-refractivity contribution in [1.29, 1.82) is 0 Å². The number of halogens is 1. The number of nitrogens with one attached hydrogen (secondary N) is 1. The molecule has 0 atom stereocenters. The van der Waals surface area contributed by atoms with E-state index in [0.717, 1.165) is 16.3 Å². The van der Waals surface area contributed by atoms with Crippen molar-refractivity contribution in [1.82, 2.24) is 0 Å². The molecule has 6 N–H and O–H groups in total. The molecule has 0 aliphatic rings. The number of hydrogen-bond donors (Lipinski definition) is 4. The zero-order chi connectivity index (χ0) is 23.3. The third kappa shape index (κ3) is 4.99. The molecule has 162 valence electrons. The Labute approximate surface area is 190 Å². The third-order valence-electron chi connectivity index (χ3n) is 4.86. The Morgan fingerprint density at radius 3 is 2.34 bits per heavy atom. The summed E-state index contributed by atoms with van der Waals surface area (Å²) in [5.41, 5.74) is 14.5. The smallest absolute Gasteiger partial charge is 0.255 e. The summed E-state index contributed by atoms with van der Waals surface area (Å²) in [5.74, 6) is -0.333. The van der Waals surface area contributed by atoms with E-state index in [9.17, 15) is 14.7 Å². The fourth-order valence-corrected chi connectivity index (χ4v) is 3.27. The number of phenolic OH excluding ortho intramolecular Hbond substituents is 1. The lowest BCUT2D eigenvalue weighted by Gasteiger charge is -2.10. The Bertz CT molecular complexity index is 1290. The van der Waals surface area contributed by atoms with Gasteiger partial charge in [-0.1, -0.05) is 54.1 Å². The van der Waals surface area contributed by atoms with Crippen LogP contribution >= 0.6 is 11.6 Å². The Hall–Kier alpha value is -4.03. The highest BCUT2D eigenvalue weighted by Gasteiger charge is 2.10. The molecule has 4 aromatic rings. The van der Waals surface area contributed by atoms with Crippen molar-refractivity contribution < 1.29 is 14.7 Å². The van der Waals surface area contributed by atoms with Gasteiger partial charge in [0.25, 0.3) is 5.91 Å². The molecule has 0 aliphatic carbocycles. The molecule has 0 saturated carbocycles. The molecule has 0 aliphatic heterocycles. The van der Waals surface area contributed by atoms with Gasteiger partial charge in [-0.25, -0.2) is 0 Å². The van der Waals surface area contributed by atoms with Gasteiger partial charge in [0.1, 0.15) is 5.75 Å². The number of phenols is 1. The maximum absolute atomic E-state index is 12.0. The lowest BCUT2D eigenvalue weighted by Crippen LogP contribution is -2.12. The Morgan fingerprint density at radius 1 is 1.00 bits per heavy atom. The number of aldehydes is 1. The van der Waals surface area contributed by atoms with Crippen LogP contribution in [0.25, 0.3) is 10.8 Å². The van der Waals surface area contributed by atoms with E-state index in [2.05, 4.69) is 5.32 Å². The minimum atomic E-state index is -0.193. The van der Waals surface area contributed by atoms with Crippen molar-refractivity contribution in [3.05, 3.63) is 94.5 Å². The summed E-state index contributed by atoms with van der Waals surface area (Å²) >= 11 is 6.04. The number of nitrogens with two attached hydrogens (primary N) is 2. The molecule has 1 amide bonds. The predicted octanol–water partition coefficient (Wildman–Crippen LogP) is 5.42. The van der Waals surface area contributed by atoms with Crippen molar-refractivity contribution in [2.24, 2.45) is 0 Å². The number of fused-ring (bicyclic) bond motifs is 1. The van der Waals surface area contributed by atoms with Gasteiger partial charge in [0.05, 0.1) is 22.0 Å². The topological polar surface area (TPSA) is 118 Å². The number of carbonyl (C=O) groups excluding carboxylic acids is 2. The van der Waals surface area contributed by atoms with Crippen LogP contribution in [-0.2, 0) is 0 Å². The van der Waals surface area contributed by atoms with E-state index < -0.39 is 0 Å². The first-order valence-corrected chi connectivity index (χ1v) is 10.1. The van der Waals surface area contributed by atoms with E-state index in [0.29, 0.717) is 28.2 Å². The average Bonchev–Trinajstić information content (AvgIpc) is 2.81. The van der Waals surface area contributed by atoms with Crippen LogP contribution in [0, 0.1) is 6.92 Å². The monoisotopic (exact) mass is 447 g/mol. The van der Waals surface area contributed by atoms with Crippen LogP contribution in [0.15, 0.2) is 72.8 Å². The van der Waals surface area contributed by atoms with Gasteiger partial charge in [-0.2, -0.15) is 0 Å². The van der Waals surface area contributed by atoms with Gasteiger partial charge >= 0.3 is 0 Å². The molecule has 0 unspecified atom stereocenters. The second-order valence-electron chi connectivity index (χ2n) is 7.08. The molecule has 7 heteroatoms. The van der Waals surface area contributed by atoms with Crippen LogP contribution in [0.1, 0.15) is 26.3 Å². The second-order valence-corrected chi connectivity index (χ2v) is 7.48. The number of aryl methyl sites for hydroxylation is 1. The molecule has 0 spiro atoms. The van der Waals surface area contributed by atoms with Crippen molar-refractivity contribution >= 4 is 51.6 Å². The van der Waals surface area contributed by atoms with E-state index in [1.807, 2.05) is 43.3 Å². The van der Waals surface area contributed by atoms with Crippen LogP contribution in [0.2, 0.25) is 5.02 Å². The second kappa shape index (κ2) is 9.85. The van der Waals surface area contributed by atoms with E-state index in [1.54, 1.807) is 36.4 Å². The summed E-state index contributed by atoms with van der Waals surface area (Å²) < 4.78 is 0. The van der Waals surface area contributed by atoms with E-state index in [4.69, 9.17) is 23.1 Å². The third-order valence-corrected chi connectivity index (χ3v) is 5.17. The number of carbonyl (C=O) groups is 2. The van der Waals surface area contributed by atoms with Crippen molar-refractivity contribution in [3.63, 3.8) is 0 Å². The summed E-state index contributed by atoms with van der Waals surface area (Å²) in [4.78, 5) is 22.6. The number of nitrogen functional groups attached to an aromatic ring is 2. The zero-order valence-electron chi connectivity index (χ0n) is 17.3. The predicted molar refractivity (Wildman–Crippen MR) is 130 cm³/mol. The quantitative estimate of drug-likeness (QED) is 0.190. The molecule has 4 rings (SSSR count). The summed E-state index contributed by atoms with van der Waals surface area (Å²) in [6.45, 7) is 1.86. The number of rotatable bonds is 3. The number of aromatic hydroxyl groups is 1. The molecular formula is C25H22ClN3O3. The van der Waals surface area contributed by atoms with Gasteiger partial charge in [0.2, 0.25) is 0 Å². The highest BCUT2D eigenvalue weighted by molar-refractivity contribution is 6.34. The largest absolute Gasteiger partial charge is 0.505 e. The van der Waals surface area contributed by atoms with Gasteiger partial charge < -0.3 is 21.9 Å². The lowest BCUT2D eigenvalue weighted by molar-refractivity contribution is 0.102. The molecule has 0 aromatic heterocycles. The van der Waals surface area contributed by atoms with Gasteiger partial charge in [-0.15, -0.1) is 0 Å². The highest BCUT2D eigenvalue weighted by atomic mass is 35.5. The Kier molecular flexibility index (Phi) is 6.97. The highest BCUT2D eigenvalue weighted by Crippen LogP contribution is 2.32. The maximum atomic E-state index is 12.0. The molecule has 0 bridgehead atoms. The molecule has 6 nitrogen and oxygen atoms in total. The van der Waals surface area contributed by atoms with Crippen LogP contribution in [0.3, 0.4) is 0 Å². The minimum Gasteiger partial charge on any atom is -0.505 e. The first-order chi connectivity index (χ1) is 15.3. The maximum Gasteiger partial charge on any atom is 0.255 e. The summed E-state index contributed by atoms with van der Waals surface area (Å²) in [6, 6.07) is 21.3. The molecule has 0 heterocycles. The van der Waals surface area contributed by atoms with E-state index in [-0.39, 0.29) is 22.9 Å². The first kappa shape index (κ1) is 22.7. The number of amides is 1. The molecule has 0 fully saturated rings. The molecule has 0 saturated heterocycles. The number of benzene rings is 4. The Balaban J connectivity index is 0.000000186.